The van der Waals surface area contributed by atoms with Crippen molar-refractivity contribution in [1.29, 1.82) is 0 Å². The Hall–Kier alpha value is -1.75. The van der Waals surface area contributed by atoms with Crippen molar-refractivity contribution in [3.8, 4) is 0 Å². The smallest absolute Gasteiger partial charge is 0.336 e. The fraction of sp³-hybridized carbons (Fsp3) is 0.333. The monoisotopic (exact) mass is 288 g/mol. The van der Waals surface area contributed by atoms with Crippen LogP contribution in [0.2, 0.25) is 0 Å². The van der Waals surface area contributed by atoms with Crippen molar-refractivity contribution in [2.24, 2.45) is 0 Å². The number of carbonyl (C=O) groups is 1. The van der Waals surface area contributed by atoms with E-state index in [1.165, 1.54) is 12.8 Å². The molecule has 1 aliphatic rings. The Morgan fingerprint density at radius 3 is 2.85 bits per heavy atom. The molecule has 0 saturated heterocycles. The molecule has 0 radical (unpaired) electrons. The second-order valence-electron chi connectivity index (χ2n) is 5.11. The minimum atomic E-state index is -0.919. The molecule has 2 N–H and O–H groups in total. The molecule has 0 spiro atoms. The average Bonchev–Trinajstić information content (AvgIpc) is 3.24. The molecule has 4 nitrogen and oxygen atoms in total. The summed E-state index contributed by atoms with van der Waals surface area (Å²) in [6.07, 6.45) is 4.64. The number of rotatable bonds is 5. The number of fused-ring (bicyclic) bond motifs is 1. The molecule has 1 heterocycles. The number of aromatic carboxylic acids is 1. The van der Waals surface area contributed by atoms with Crippen molar-refractivity contribution in [3.63, 3.8) is 0 Å². The van der Waals surface area contributed by atoms with Crippen LogP contribution >= 0.6 is 11.8 Å². The van der Waals surface area contributed by atoms with Gasteiger partial charge < -0.3 is 10.4 Å². The summed E-state index contributed by atoms with van der Waals surface area (Å²) in [7, 11) is 0. The van der Waals surface area contributed by atoms with E-state index in [1.807, 2.05) is 30.0 Å². The minimum Gasteiger partial charge on any atom is -0.478 e. The van der Waals surface area contributed by atoms with E-state index >= 15 is 0 Å². The van der Waals surface area contributed by atoms with Crippen molar-refractivity contribution >= 4 is 34.5 Å². The zero-order valence-electron chi connectivity index (χ0n) is 11.2. The van der Waals surface area contributed by atoms with Crippen LogP contribution in [0.4, 0.5) is 5.82 Å². The predicted molar refractivity (Wildman–Crippen MR) is 82.7 cm³/mol. The Morgan fingerprint density at radius 2 is 2.20 bits per heavy atom. The molecule has 0 amide bonds. The van der Waals surface area contributed by atoms with Gasteiger partial charge in [-0.3, -0.25) is 0 Å². The van der Waals surface area contributed by atoms with E-state index in [9.17, 15) is 4.79 Å². The van der Waals surface area contributed by atoms with Gasteiger partial charge in [-0.25, -0.2) is 9.78 Å². The number of aromatic nitrogens is 1. The van der Waals surface area contributed by atoms with Gasteiger partial charge in [0.25, 0.3) is 0 Å². The lowest BCUT2D eigenvalue weighted by Gasteiger charge is -2.14. The van der Waals surface area contributed by atoms with E-state index in [0.717, 1.165) is 12.4 Å². The molecule has 104 valence electrons. The highest BCUT2D eigenvalue weighted by Crippen LogP contribution is 2.46. The van der Waals surface area contributed by atoms with Crippen LogP contribution in [0.5, 0.6) is 0 Å². The van der Waals surface area contributed by atoms with Crippen LogP contribution < -0.4 is 5.32 Å². The fourth-order valence-electron chi connectivity index (χ4n) is 2.28. The lowest BCUT2D eigenvalue weighted by Crippen LogP contribution is -2.18. The first-order valence-corrected chi connectivity index (χ1v) is 7.78. The minimum absolute atomic E-state index is 0.296. The molecule has 0 unspecified atom stereocenters. The number of benzene rings is 1. The van der Waals surface area contributed by atoms with Gasteiger partial charge in [0, 0.05) is 16.7 Å². The van der Waals surface area contributed by atoms with Gasteiger partial charge in [0.15, 0.2) is 0 Å². The van der Waals surface area contributed by atoms with Gasteiger partial charge in [-0.05, 0) is 43.4 Å². The van der Waals surface area contributed by atoms with E-state index < -0.39 is 5.97 Å². The molecule has 1 aromatic carbocycles. The molecular formula is C15H16N2O2S. The standard InChI is InChI=1S/C15H16N2O2S/c1-20-15(7-8-15)9-16-13-6-5-10-11(14(18)19)3-2-4-12(10)17-13/h2-6H,7-9H2,1H3,(H,16,17)(H,18,19). The summed E-state index contributed by atoms with van der Waals surface area (Å²) in [5.74, 6) is -0.113. The maximum atomic E-state index is 11.2. The molecule has 0 aliphatic heterocycles. The highest BCUT2D eigenvalue weighted by molar-refractivity contribution is 8.00. The zero-order chi connectivity index (χ0) is 14.2. The van der Waals surface area contributed by atoms with Crippen LogP contribution in [-0.4, -0.2) is 33.6 Å². The fourth-order valence-corrected chi connectivity index (χ4v) is 3.01. The van der Waals surface area contributed by atoms with E-state index in [-0.39, 0.29) is 0 Å². The first-order valence-electron chi connectivity index (χ1n) is 6.56. The largest absolute Gasteiger partial charge is 0.478 e. The van der Waals surface area contributed by atoms with Crippen LogP contribution in [0.3, 0.4) is 0 Å². The maximum Gasteiger partial charge on any atom is 0.336 e. The molecule has 0 atom stereocenters. The molecule has 0 bridgehead atoms. The quantitative estimate of drug-likeness (QED) is 0.884. The van der Waals surface area contributed by atoms with Gasteiger partial charge in [0.05, 0.1) is 11.1 Å². The van der Waals surface area contributed by atoms with Crippen molar-refractivity contribution in [3.05, 3.63) is 35.9 Å². The first-order chi connectivity index (χ1) is 9.63. The topological polar surface area (TPSA) is 62.2 Å². The van der Waals surface area contributed by atoms with E-state index in [0.29, 0.717) is 21.2 Å². The summed E-state index contributed by atoms with van der Waals surface area (Å²) in [6, 6.07) is 8.85. The number of carboxylic acids is 1. The average molecular weight is 288 g/mol. The van der Waals surface area contributed by atoms with E-state index in [4.69, 9.17) is 5.11 Å². The number of carboxylic acid groups (broad SMARTS) is 1. The second kappa shape index (κ2) is 4.98. The summed E-state index contributed by atoms with van der Waals surface area (Å²) < 4.78 is 0.375. The molecule has 1 fully saturated rings. The van der Waals surface area contributed by atoms with Gasteiger partial charge in [0.2, 0.25) is 0 Å². The van der Waals surface area contributed by atoms with Gasteiger partial charge >= 0.3 is 5.97 Å². The van der Waals surface area contributed by atoms with Crippen molar-refractivity contribution < 1.29 is 9.90 Å². The molecular weight excluding hydrogens is 272 g/mol. The molecule has 5 heteroatoms. The van der Waals surface area contributed by atoms with E-state index in [2.05, 4.69) is 16.6 Å². The third-order valence-corrected chi connectivity index (χ3v) is 5.21. The second-order valence-corrected chi connectivity index (χ2v) is 6.39. The Bertz CT molecular complexity index is 668. The van der Waals surface area contributed by atoms with Crippen molar-refractivity contribution in [2.45, 2.75) is 17.6 Å². The number of pyridine rings is 1. The number of nitrogens with zero attached hydrogens (tertiary/aromatic N) is 1. The Morgan fingerprint density at radius 1 is 1.40 bits per heavy atom. The zero-order valence-corrected chi connectivity index (χ0v) is 12.0. The normalized spacial score (nSPS) is 16.1. The first kappa shape index (κ1) is 13.2. The number of nitrogens with one attached hydrogen (secondary N) is 1. The van der Waals surface area contributed by atoms with Crippen molar-refractivity contribution in [2.75, 3.05) is 18.1 Å². The van der Waals surface area contributed by atoms with Crippen LogP contribution in [-0.2, 0) is 0 Å². The summed E-state index contributed by atoms with van der Waals surface area (Å²) in [5, 5.41) is 13.2. The lowest BCUT2D eigenvalue weighted by molar-refractivity contribution is 0.0699. The molecule has 20 heavy (non-hydrogen) atoms. The Labute approximate surface area is 121 Å². The van der Waals surface area contributed by atoms with Crippen LogP contribution in [0.25, 0.3) is 10.9 Å². The van der Waals surface area contributed by atoms with Crippen LogP contribution in [0.15, 0.2) is 30.3 Å². The molecule has 2 aromatic rings. The predicted octanol–water partition coefficient (Wildman–Crippen LogP) is 3.24. The van der Waals surface area contributed by atoms with Crippen LogP contribution in [0, 0.1) is 0 Å². The third-order valence-electron chi connectivity index (χ3n) is 3.79. The van der Waals surface area contributed by atoms with Gasteiger partial charge in [-0.2, -0.15) is 11.8 Å². The number of hydrogen-bond donors (Lipinski definition) is 2. The Kier molecular flexibility index (Phi) is 3.30. The van der Waals surface area contributed by atoms with E-state index in [1.54, 1.807) is 12.1 Å². The molecule has 1 aliphatic carbocycles. The molecule has 3 rings (SSSR count). The highest BCUT2D eigenvalue weighted by atomic mass is 32.2. The molecule has 1 saturated carbocycles. The van der Waals surface area contributed by atoms with Gasteiger partial charge in [0.1, 0.15) is 5.82 Å². The lowest BCUT2D eigenvalue weighted by atomic mass is 10.1. The SMILES string of the molecule is CSC1(CNc2ccc3c(C(=O)O)cccc3n2)CC1. The summed E-state index contributed by atoms with van der Waals surface area (Å²) >= 11 is 1.90. The van der Waals surface area contributed by atoms with Gasteiger partial charge in [-0.15, -0.1) is 0 Å². The number of hydrogen-bond acceptors (Lipinski definition) is 4. The Balaban J connectivity index is 1.86. The number of thioether (sulfide) groups is 1. The third kappa shape index (κ3) is 2.45. The van der Waals surface area contributed by atoms with Gasteiger partial charge in [-0.1, -0.05) is 6.07 Å². The highest BCUT2D eigenvalue weighted by Gasteiger charge is 2.41. The summed E-state index contributed by atoms with van der Waals surface area (Å²) in [4.78, 5) is 15.7. The van der Waals surface area contributed by atoms with Crippen molar-refractivity contribution in [1.82, 2.24) is 4.98 Å². The summed E-state index contributed by atoms with van der Waals surface area (Å²) in [5.41, 5.74) is 1.01. The summed E-state index contributed by atoms with van der Waals surface area (Å²) in [6.45, 7) is 0.908. The van der Waals surface area contributed by atoms with Crippen LogP contribution in [0.1, 0.15) is 23.2 Å². The molecule has 1 aromatic heterocycles. The maximum absolute atomic E-state index is 11.2. The number of anilines is 1.